The number of hydrogen-bond acceptors (Lipinski definition) is 5. The first-order chi connectivity index (χ1) is 13.0. The van der Waals surface area contributed by atoms with Gasteiger partial charge >= 0.3 is 5.97 Å². The molecule has 4 atom stereocenters. The predicted octanol–water partition coefficient (Wildman–Crippen LogP) is 3.38. The Kier molecular flexibility index (Phi) is 8.98. The van der Waals surface area contributed by atoms with Crippen LogP contribution in [0.3, 0.4) is 0 Å². The van der Waals surface area contributed by atoms with Crippen LogP contribution in [-0.4, -0.2) is 47.2 Å². The molecule has 2 N–H and O–H groups in total. The maximum Gasteiger partial charge on any atom is 0.331 e. The van der Waals surface area contributed by atoms with E-state index in [2.05, 4.69) is 6.08 Å². The third kappa shape index (κ3) is 8.24. The second kappa shape index (κ2) is 11.2. The van der Waals surface area contributed by atoms with Crippen LogP contribution in [0.4, 0.5) is 0 Å². The number of aliphatic hydroxyl groups is 2. The number of aliphatic hydroxyl groups excluding tert-OH is 2. The summed E-state index contributed by atoms with van der Waals surface area (Å²) in [6, 6.07) is 0. The minimum Gasteiger partial charge on any atom is -0.456 e. The van der Waals surface area contributed by atoms with Gasteiger partial charge in [-0.3, -0.25) is 0 Å². The summed E-state index contributed by atoms with van der Waals surface area (Å²) in [6.07, 6.45) is 14.6. The summed E-state index contributed by atoms with van der Waals surface area (Å²) in [5.74, 6) is -0.485. The summed E-state index contributed by atoms with van der Waals surface area (Å²) in [7, 11) is 0. The summed E-state index contributed by atoms with van der Waals surface area (Å²) in [6.45, 7) is 3.66. The summed E-state index contributed by atoms with van der Waals surface area (Å²) in [5.41, 5.74) is 2.00. The summed E-state index contributed by atoms with van der Waals surface area (Å²) >= 11 is 0. The molecule has 0 saturated carbocycles. The number of fused-ring (bicyclic) bond motifs is 2. The first-order valence-electron chi connectivity index (χ1n) is 9.79. The van der Waals surface area contributed by atoms with Gasteiger partial charge < -0.3 is 19.7 Å². The van der Waals surface area contributed by atoms with Gasteiger partial charge in [-0.1, -0.05) is 41.5 Å². The molecule has 1 unspecified atom stereocenters. The van der Waals surface area contributed by atoms with E-state index in [4.69, 9.17) is 9.47 Å². The van der Waals surface area contributed by atoms with Crippen LogP contribution in [0.25, 0.3) is 0 Å². The van der Waals surface area contributed by atoms with Crippen LogP contribution in [0.1, 0.15) is 52.4 Å². The zero-order valence-corrected chi connectivity index (χ0v) is 16.3. The fraction of sp³-hybridized carbons (Fsp3) is 0.591. The van der Waals surface area contributed by atoms with E-state index in [0.717, 1.165) is 36.8 Å². The van der Waals surface area contributed by atoms with E-state index in [1.807, 2.05) is 26.0 Å². The minimum atomic E-state index is -0.563. The first-order valence-corrected chi connectivity index (χ1v) is 9.79. The van der Waals surface area contributed by atoms with Crippen molar-refractivity contribution >= 4 is 5.97 Å². The Hall–Kier alpha value is -1.69. The summed E-state index contributed by atoms with van der Waals surface area (Å²) in [4.78, 5) is 11.9. The van der Waals surface area contributed by atoms with Crippen molar-refractivity contribution in [1.29, 1.82) is 0 Å². The van der Waals surface area contributed by atoms with Gasteiger partial charge in [0, 0.05) is 12.5 Å². The van der Waals surface area contributed by atoms with Crippen molar-refractivity contribution in [3.05, 3.63) is 47.6 Å². The van der Waals surface area contributed by atoms with Crippen molar-refractivity contribution in [3.63, 3.8) is 0 Å². The average Bonchev–Trinajstić information content (AvgIpc) is 2.60. The quantitative estimate of drug-likeness (QED) is 0.542. The van der Waals surface area contributed by atoms with Crippen LogP contribution in [0, 0.1) is 0 Å². The number of esters is 1. The lowest BCUT2D eigenvalue weighted by molar-refractivity contribution is -0.144. The van der Waals surface area contributed by atoms with Crippen molar-refractivity contribution < 1.29 is 24.5 Å². The van der Waals surface area contributed by atoms with E-state index >= 15 is 0 Å². The topological polar surface area (TPSA) is 76.0 Å². The second-order valence-corrected chi connectivity index (χ2v) is 7.49. The largest absolute Gasteiger partial charge is 0.456 e. The van der Waals surface area contributed by atoms with E-state index in [1.165, 1.54) is 6.08 Å². The Morgan fingerprint density at radius 3 is 2.78 bits per heavy atom. The fourth-order valence-electron chi connectivity index (χ4n) is 3.46. The molecule has 5 heteroatoms. The van der Waals surface area contributed by atoms with Gasteiger partial charge in [0.1, 0.15) is 6.10 Å². The molecule has 1 fully saturated rings. The smallest absolute Gasteiger partial charge is 0.331 e. The van der Waals surface area contributed by atoms with Gasteiger partial charge in [0.15, 0.2) is 0 Å². The van der Waals surface area contributed by atoms with Crippen molar-refractivity contribution in [1.82, 2.24) is 0 Å². The number of hydrogen-bond donors (Lipinski definition) is 2. The Bertz CT molecular complexity index is 602. The normalized spacial score (nSPS) is 37.6. The maximum atomic E-state index is 11.9. The lowest BCUT2D eigenvalue weighted by Gasteiger charge is -2.28. The number of carbonyl (C=O) groups excluding carboxylic acids is 1. The van der Waals surface area contributed by atoms with E-state index in [0.29, 0.717) is 12.8 Å². The lowest BCUT2D eigenvalue weighted by atomic mass is 9.99. The molecule has 150 valence electrons. The minimum absolute atomic E-state index is 0.0427. The number of carbonyl (C=O) groups is 1. The molecule has 2 heterocycles. The van der Waals surface area contributed by atoms with Crippen molar-refractivity contribution in [2.45, 2.75) is 76.8 Å². The predicted molar refractivity (Wildman–Crippen MR) is 105 cm³/mol. The van der Waals surface area contributed by atoms with Gasteiger partial charge in [0.25, 0.3) is 0 Å². The Morgan fingerprint density at radius 1 is 1.19 bits per heavy atom. The van der Waals surface area contributed by atoms with Gasteiger partial charge in [0.2, 0.25) is 0 Å². The van der Waals surface area contributed by atoms with E-state index in [1.54, 1.807) is 12.2 Å². The van der Waals surface area contributed by atoms with Crippen molar-refractivity contribution in [2.75, 3.05) is 6.61 Å². The third-order valence-corrected chi connectivity index (χ3v) is 4.79. The zero-order chi connectivity index (χ0) is 19.6. The Balaban J connectivity index is 2.15. The maximum absolute atomic E-state index is 11.9. The highest BCUT2D eigenvalue weighted by Crippen LogP contribution is 2.24. The van der Waals surface area contributed by atoms with Crippen LogP contribution in [-0.2, 0) is 14.3 Å². The molecule has 2 bridgehead atoms. The van der Waals surface area contributed by atoms with Crippen molar-refractivity contribution in [2.24, 2.45) is 0 Å². The number of rotatable bonds is 1. The number of cyclic esters (lactones) is 1. The van der Waals surface area contributed by atoms with Gasteiger partial charge in [0.05, 0.1) is 24.9 Å². The third-order valence-electron chi connectivity index (χ3n) is 4.79. The van der Waals surface area contributed by atoms with Gasteiger partial charge in [-0.2, -0.15) is 0 Å². The molecule has 0 aliphatic carbocycles. The lowest BCUT2D eigenvalue weighted by Crippen LogP contribution is -2.27. The molecule has 2 aliphatic heterocycles. The first kappa shape index (κ1) is 21.6. The molecule has 2 rings (SSSR count). The Labute approximate surface area is 162 Å². The summed E-state index contributed by atoms with van der Waals surface area (Å²) < 4.78 is 11.5. The molecule has 2 aliphatic rings. The molecule has 0 spiro atoms. The highest BCUT2D eigenvalue weighted by atomic mass is 16.5. The molecule has 27 heavy (non-hydrogen) atoms. The van der Waals surface area contributed by atoms with Crippen LogP contribution < -0.4 is 0 Å². The fourth-order valence-corrected chi connectivity index (χ4v) is 3.46. The van der Waals surface area contributed by atoms with E-state index in [9.17, 15) is 15.0 Å². The van der Waals surface area contributed by atoms with Crippen LogP contribution in [0.15, 0.2) is 47.6 Å². The number of allylic oxidation sites excluding steroid dienone is 2. The van der Waals surface area contributed by atoms with E-state index < -0.39 is 18.2 Å². The SMILES string of the molecule is C/C1=C\C=C\C(=O)O[C@H](CO)C/C(C)=C/[C@H]2CCC[C@@H](C/C=C/C(O)C1)O2. The van der Waals surface area contributed by atoms with Crippen LogP contribution in [0.5, 0.6) is 0 Å². The number of ether oxygens (including phenoxy) is 2. The molecular weight excluding hydrogens is 344 g/mol. The molecule has 0 radical (unpaired) electrons. The van der Waals surface area contributed by atoms with Gasteiger partial charge in [-0.25, -0.2) is 4.79 Å². The molecule has 0 aromatic carbocycles. The van der Waals surface area contributed by atoms with Crippen LogP contribution >= 0.6 is 0 Å². The zero-order valence-electron chi connectivity index (χ0n) is 16.3. The highest BCUT2D eigenvalue weighted by molar-refractivity contribution is 5.82. The van der Waals surface area contributed by atoms with Gasteiger partial charge in [-0.05, 0) is 46.0 Å². The van der Waals surface area contributed by atoms with Gasteiger partial charge in [-0.15, -0.1) is 0 Å². The second-order valence-electron chi connectivity index (χ2n) is 7.49. The molecule has 0 aromatic rings. The monoisotopic (exact) mass is 376 g/mol. The molecule has 0 amide bonds. The summed E-state index contributed by atoms with van der Waals surface area (Å²) in [5, 5.41) is 19.7. The average molecular weight is 376 g/mol. The standard InChI is InChI=1S/C22H32O5/c1-16-6-3-11-22(25)27-21(15-23)14-17(2)13-20-10-5-9-19(26-20)8-4-7-18(24)12-16/h3-4,6-7,11,13,18-21,23-24H,5,8-10,12,14-15H2,1-2H3/b7-4+,11-3+,16-6+,17-13+/t18?,19-,20-,21+/m1/s1. The highest BCUT2D eigenvalue weighted by Gasteiger charge is 2.21. The molecule has 0 aromatic heterocycles. The molecular formula is C22H32O5. The molecule has 5 nitrogen and oxygen atoms in total. The van der Waals surface area contributed by atoms with Crippen LogP contribution in [0.2, 0.25) is 0 Å². The van der Waals surface area contributed by atoms with Crippen molar-refractivity contribution in [3.8, 4) is 0 Å². The molecule has 1 saturated heterocycles. The Morgan fingerprint density at radius 2 is 2.00 bits per heavy atom. The van der Waals surface area contributed by atoms with E-state index in [-0.39, 0.29) is 18.8 Å².